The van der Waals surface area contributed by atoms with Crippen molar-refractivity contribution < 1.29 is 10.0 Å². The molecule has 0 heterocycles. The van der Waals surface area contributed by atoms with Crippen LogP contribution in [-0.4, -0.2) is 10.0 Å². The number of nitrogens with zero attached hydrogens (tertiary/aromatic N) is 1. The maximum atomic E-state index is 10.7. The van der Waals surface area contributed by atoms with Crippen molar-refractivity contribution in [3.05, 3.63) is 57.7 Å². The first-order chi connectivity index (χ1) is 7.68. The molecule has 80 valence electrons. The van der Waals surface area contributed by atoms with Gasteiger partial charge in [0.15, 0.2) is 5.75 Å². The summed E-state index contributed by atoms with van der Waals surface area (Å²) >= 11 is 0. The molecule has 16 heavy (non-hydrogen) atoms. The molecule has 4 nitrogen and oxygen atoms in total. The Morgan fingerprint density at radius 3 is 2.25 bits per heavy atom. The van der Waals surface area contributed by atoms with E-state index in [9.17, 15) is 15.2 Å². The average molecular weight is 215 g/mol. The van der Waals surface area contributed by atoms with Crippen molar-refractivity contribution in [2.24, 2.45) is 0 Å². The molecule has 2 atom stereocenters. The normalized spacial score (nSPS) is 24.5. The zero-order chi connectivity index (χ0) is 11.3. The van der Waals surface area contributed by atoms with Crippen LogP contribution < -0.4 is 0 Å². The van der Waals surface area contributed by atoms with Crippen LogP contribution in [0.5, 0.6) is 5.75 Å². The third kappa shape index (κ3) is 1.04. The van der Waals surface area contributed by atoms with Crippen molar-refractivity contribution in [1.29, 1.82) is 0 Å². The van der Waals surface area contributed by atoms with E-state index in [4.69, 9.17) is 0 Å². The molecule has 0 saturated heterocycles. The van der Waals surface area contributed by atoms with Crippen molar-refractivity contribution in [2.45, 2.75) is 11.8 Å². The van der Waals surface area contributed by atoms with Crippen LogP contribution in [0, 0.1) is 10.1 Å². The van der Waals surface area contributed by atoms with Gasteiger partial charge >= 0.3 is 5.69 Å². The van der Waals surface area contributed by atoms with Gasteiger partial charge in [-0.15, -0.1) is 0 Å². The number of hydrogen-bond donors (Lipinski definition) is 1. The van der Waals surface area contributed by atoms with Gasteiger partial charge in [0.25, 0.3) is 0 Å². The van der Waals surface area contributed by atoms with Crippen LogP contribution >= 0.6 is 0 Å². The lowest BCUT2D eigenvalue weighted by atomic mass is 9.66. The van der Waals surface area contributed by atoms with Gasteiger partial charge in [-0.2, -0.15) is 0 Å². The van der Waals surface area contributed by atoms with Crippen LogP contribution in [0.2, 0.25) is 0 Å². The zero-order valence-corrected chi connectivity index (χ0v) is 8.33. The molecule has 4 heteroatoms. The van der Waals surface area contributed by atoms with Crippen molar-refractivity contribution in [3.8, 4) is 5.75 Å². The summed E-state index contributed by atoms with van der Waals surface area (Å²) in [6, 6.07) is 2.99. The summed E-state index contributed by atoms with van der Waals surface area (Å²) in [5.41, 5.74) is 1.74. The van der Waals surface area contributed by atoms with Crippen molar-refractivity contribution in [1.82, 2.24) is 0 Å². The van der Waals surface area contributed by atoms with Crippen LogP contribution in [0.1, 0.15) is 23.0 Å². The standard InChI is InChI=1S/C12H9NO3/c14-12-6-10-8-4-2-1-3-7(8)9(10)5-11(12)13(15)16/h1-8,14H. The summed E-state index contributed by atoms with van der Waals surface area (Å²) < 4.78 is 0. The predicted molar refractivity (Wildman–Crippen MR) is 58.5 cm³/mol. The fraction of sp³-hybridized carbons (Fsp3) is 0.167. The minimum Gasteiger partial charge on any atom is -0.502 e. The van der Waals surface area contributed by atoms with Crippen LogP contribution in [-0.2, 0) is 0 Å². The van der Waals surface area contributed by atoms with Crippen molar-refractivity contribution in [3.63, 3.8) is 0 Å². The van der Waals surface area contributed by atoms with E-state index in [2.05, 4.69) is 6.08 Å². The molecule has 1 N–H and O–H groups in total. The van der Waals surface area contributed by atoms with Crippen LogP contribution in [0.4, 0.5) is 5.69 Å². The van der Waals surface area contributed by atoms with Crippen molar-refractivity contribution in [2.75, 3.05) is 0 Å². The molecular weight excluding hydrogens is 206 g/mol. The van der Waals surface area contributed by atoms with Gasteiger partial charge in [-0.3, -0.25) is 10.1 Å². The number of allylic oxidation sites excluding steroid dienone is 4. The van der Waals surface area contributed by atoms with Crippen LogP contribution in [0.25, 0.3) is 0 Å². The maximum Gasteiger partial charge on any atom is 0.311 e. The Bertz CT molecular complexity index is 545. The Labute approximate surface area is 91.7 Å². The first kappa shape index (κ1) is 9.15. The molecular formula is C12H9NO3. The van der Waals surface area contributed by atoms with Gasteiger partial charge in [0.1, 0.15) is 0 Å². The molecule has 1 aromatic rings. The van der Waals surface area contributed by atoms with Gasteiger partial charge in [-0.05, 0) is 17.2 Å². The van der Waals surface area contributed by atoms with Gasteiger partial charge in [0, 0.05) is 17.9 Å². The number of hydrogen-bond acceptors (Lipinski definition) is 3. The predicted octanol–water partition coefficient (Wildman–Crippen LogP) is 2.61. The van der Waals surface area contributed by atoms with E-state index >= 15 is 0 Å². The molecule has 1 aromatic carbocycles. The molecule has 0 aromatic heterocycles. The third-order valence-electron chi connectivity index (χ3n) is 3.23. The molecule has 3 rings (SSSR count). The van der Waals surface area contributed by atoms with E-state index in [0.29, 0.717) is 0 Å². The molecule has 0 amide bonds. The molecule has 0 bridgehead atoms. The summed E-state index contributed by atoms with van der Waals surface area (Å²) in [4.78, 5) is 10.1. The summed E-state index contributed by atoms with van der Waals surface area (Å²) in [5.74, 6) is 0.260. The first-order valence-electron chi connectivity index (χ1n) is 5.04. The molecule has 0 aliphatic heterocycles. The van der Waals surface area contributed by atoms with Crippen molar-refractivity contribution >= 4 is 5.69 Å². The highest BCUT2D eigenvalue weighted by Crippen LogP contribution is 2.52. The average Bonchev–Trinajstić information content (AvgIpc) is 2.26. The second-order valence-electron chi connectivity index (χ2n) is 4.05. The largest absolute Gasteiger partial charge is 0.502 e. The Morgan fingerprint density at radius 2 is 1.69 bits per heavy atom. The Balaban J connectivity index is 2.14. The lowest BCUT2D eigenvalue weighted by Crippen LogP contribution is -2.22. The lowest BCUT2D eigenvalue weighted by Gasteiger charge is -2.37. The molecule has 2 unspecified atom stereocenters. The number of phenolic OH excluding ortho intramolecular Hbond substituents is 1. The van der Waals surface area contributed by atoms with Crippen LogP contribution in [0.15, 0.2) is 36.4 Å². The van der Waals surface area contributed by atoms with E-state index in [-0.39, 0.29) is 23.3 Å². The fourth-order valence-electron chi connectivity index (χ4n) is 2.44. The highest BCUT2D eigenvalue weighted by Gasteiger charge is 2.37. The third-order valence-corrected chi connectivity index (χ3v) is 3.23. The minimum atomic E-state index is -0.550. The van der Waals surface area contributed by atoms with E-state index in [0.717, 1.165) is 11.1 Å². The quantitative estimate of drug-likeness (QED) is 0.578. The molecule has 2 aliphatic rings. The van der Waals surface area contributed by atoms with Gasteiger partial charge in [0.05, 0.1) is 4.92 Å². The summed E-state index contributed by atoms with van der Waals surface area (Å²) in [5, 5.41) is 20.2. The Morgan fingerprint density at radius 1 is 1.12 bits per heavy atom. The maximum absolute atomic E-state index is 10.7. The Hall–Kier alpha value is -2.10. The highest BCUT2D eigenvalue weighted by molar-refractivity contribution is 5.61. The number of phenols is 1. The van der Waals surface area contributed by atoms with Gasteiger partial charge in [-0.25, -0.2) is 0 Å². The highest BCUT2D eigenvalue weighted by atomic mass is 16.6. The van der Waals surface area contributed by atoms with E-state index < -0.39 is 4.92 Å². The van der Waals surface area contributed by atoms with Gasteiger partial charge in [-0.1, -0.05) is 24.3 Å². The number of aromatic hydroxyl groups is 1. The minimum absolute atomic E-state index is 0.208. The number of nitro benzene ring substituents is 1. The zero-order valence-electron chi connectivity index (χ0n) is 8.33. The number of nitro groups is 1. The van der Waals surface area contributed by atoms with Crippen LogP contribution in [0.3, 0.4) is 0 Å². The van der Waals surface area contributed by atoms with E-state index in [1.165, 1.54) is 12.1 Å². The Kier molecular flexibility index (Phi) is 1.68. The molecule has 0 spiro atoms. The molecule has 0 fully saturated rings. The second kappa shape index (κ2) is 2.95. The topological polar surface area (TPSA) is 63.4 Å². The summed E-state index contributed by atoms with van der Waals surface area (Å²) in [7, 11) is 0. The number of rotatable bonds is 1. The summed E-state index contributed by atoms with van der Waals surface area (Å²) in [6.07, 6.45) is 8.00. The van der Waals surface area contributed by atoms with Gasteiger partial charge in [0.2, 0.25) is 0 Å². The lowest BCUT2D eigenvalue weighted by molar-refractivity contribution is -0.386. The molecule has 2 aliphatic carbocycles. The number of fused-ring (bicyclic) bond motifs is 4. The second-order valence-corrected chi connectivity index (χ2v) is 4.05. The SMILES string of the molecule is O=[N+]([O-])c1cc2c(cc1O)C1C=CC=CC21. The smallest absolute Gasteiger partial charge is 0.311 e. The van der Waals surface area contributed by atoms with E-state index in [1.54, 1.807) is 0 Å². The summed E-state index contributed by atoms with van der Waals surface area (Å²) in [6.45, 7) is 0. The van der Waals surface area contributed by atoms with Gasteiger partial charge < -0.3 is 5.11 Å². The van der Waals surface area contributed by atoms with E-state index in [1.807, 2.05) is 18.2 Å². The fourth-order valence-corrected chi connectivity index (χ4v) is 2.44. The first-order valence-corrected chi connectivity index (χ1v) is 5.04. The molecule has 0 saturated carbocycles. The monoisotopic (exact) mass is 215 g/mol. The number of benzene rings is 1. The molecule has 0 radical (unpaired) electrons.